The van der Waals surface area contributed by atoms with E-state index in [4.69, 9.17) is 4.42 Å². The summed E-state index contributed by atoms with van der Waals surface area (Å²) in [6.45, 7) is 3.91. The number of benzene rings is 1. The minimum Gasteiger partial charge on any atom is -0.456 e. The van der Waals surface area contributed by atoms with Crippen LogP contribution in [0.3, 0.4) is 0 Å². The summed E-state index contributed by atoms with van der Waals surface area (Å²) >= 11 is 0. The third-order valence-corrected chi connectivity index (χ3v) is 2.88. The number of carbonyl (C=O) groups excluding carboxylic acids is 1. The van der Waals surface area contributed by atoms with Crippen molar-refractivity contribution in [2.75, 3.05) is 6.54 Å². The second kappa shape index (κ2) is 5.71. The second-order valence-electron chi connectivity index (χ2n) is 4.55. The van der Waals surface area contributed by atoms with Crippen LogP contribution < -0.4 is 5.32 Å². The molecule has 2 aromatic rings. The molecule has 0 aliphatic rings. The summed E-state index contributed by atoms with van der Waals surface area (Å²) in [6, 6.07) is 10.9. The highest BCUT2D eigenvalue weighted by molar-refractivity contribution is 5.91. The van der Waals surface area contributed by atoms with Gasteiger partial charge in [0, 0.05) is 6.54 Å². The summed E-state index contributed by atoms with van der Waals surface area (Å²) in [6.07, 6.45) is -0.722. The van der Waals surface area contributed by atoms with Crippen molar-refractivity contribution in [2.45, 2.75) is 20.0 Å². The van der Waals surface area contributed by atoms with Crippen molar-refractivity contribution >= 4 is 5.91 Å². The lowest BCUT2D eigenvalue weighted by atomic mass is 10.1. The van der Waals surface area contributed by atoms with Crippen LogP contribution in [0.4, 0.5) is 0 Å². The van der Waals surface area contributed by atoms with Gasteiger partial charge in [-0.15, -0.1) is 0 Å². The Labute approximate surface area is 112 Å². The number of aliphatic hydroxyl groups is 1. The SMILES string of the molecule is Cc1ccc([C@@H](O)CNC(=O)c2ccc(C)o2)cc1. The van der Waals surface area contributed by atoms with Gasteiger partial charge < -0.3 is 14.8 Å². The fraction of sp³-hybridized carbons (Fsp3) is 0.267. The molecule has 0 fully saturated rings. The van der Waals surface area contributed by atoms with Crippen LogP contribution in [0.1, 0.15) is 33.5 Å². The second-order valence-corrected chi connectivity index (χ2v) is 4.55. The van der Waals surface area contributed by atoms with Crippen molar-refractivity contribution in [3.63, 3.8) is 0 Å². The molecule has 0 saturated heterocycles. The normalized spacial score (nSPS) is 12.2. The molecule has 4 nitrogen and oxygen atoms in total. The number of hydrogen-bond acceptors (Lipinski definition) is 3. The molecule has 100 valence electrons. The van der Waals surface area contributed by atoms with E-state index in [0.29, 0.717) is 5.76 Å². The average Bonchev–Trinajstić information content (AvgIpc) is 2.83. The van der Waals surface area contributed by atoms with E-state index in [0.717, 1.165) is 11.1 Å². The van der Waals surface area contributed by atoms with E-state index in [1.807, 2.05) is 31.2 Å². The summed E-state index contributed by atoms with van der Waals surface area (Å²) in [5.41, 5.74) is 1.91. The monoisotopic (exact) mass is 259 g/mol. The highest BCUT2D eigenvalue weighted by Crippen LogP contribution is 2.13. The van der Waals surface area contributed by atoms with Crippen molar-refractivity contribution in [3.8, 4) is 0 Å². The Hall–Kier alpha value is -2.07. The minimum atomic E-state index is -0.722. The fourth-order valence-electron chi connectivity index (χ4n) is 1.74. The van der Waals surface area contributed by atoms with E-state index in [-0.39, 0.29) is 18.2 Å². The summed E-state index contributed by atoms with van der Waals surface area (Å²) < 4.78 is 5.21. The van der Waals surface area contributed by atoms with Crippen LogP contribution >= 0.6 is 0 Å². The lowest BCUT2D eigenvalue weighted by Gasteiger charge is -2.11. The summed E-state index contributed by atoms with van der Waals surface area (Å²) in [5.74, 6) is 0.622. The Kier molecular flexibility index (Phi) is 4.02. The molecule has 0 saturated carbocycles. The van der Waals surface area contributed by atoms with Crippen LogP contribution in [0, 0.1) is 13.8 Å². The molecule has 1 amide bonds. The Morgan fingerprint density at radius 2 is 1.89 bits per heavy atom. The highest BCUT2D eigenvalue weighted by Gasteiger charge is 2.13. The predicted octanol–water partition coefficient (Wildman–Crippen LogP) is 2.36. The molecule has 0 bridgehead atoms. The topological polar surface area (TPSA) is 62.5 Å². The smallest absolute Gasteiger partial charge is 0.287 e. The molecule has 1 heterocycles. The molecule has 19 heavy (non-hydrogen) atoms. The summed E-state index contributed by atoms with van der Waals surface area (Å²) in [5, 5.41) is 12.6. The number of carbonyl (C=O) groups is 1. The molecule has 0 spiro atoms. The van der Waals surface area contributed by atoms with E-state index in [1.165, 1.54) is 0 Å². The lowest BCUT2D eigenvalue weighted by molar-refractivity contribution is 0.0888. The minimum absolute atomic E-state index is 0.154. The van der Waals surface area contributed by atoms with Gasteiger partial charge >= 0.3 is 0 Å². The molecule has 1 aromatic heterocycles. The number of amides is 1. The number of furan rings is 1. The van der Waals surface area contributed by atoms with Gasteiger partial charge in [0.25, 0.3) is 5.91 Å². The molecule has 4 heteroatoms. The quantitative estimate of drug-likeness (QED) is 0.886. The first-order valence-corrected chi connectivity index (χ1v) is 6.15. The van der Waals surface area contributed by atoms with E-state index in [1.54, 1.807) is 19.1 Å². The van der Waals surface area contributed by atoms with Gasteiger partial charge in [0.1, 0.15) is 5.76 Å². The number of nitrogens with one attached hydrogen (secondary N) is 1. The van der Waals surface area contributed by atoms with E-state index in [2.05, 4.69) is 5.32 Å². The zero-order chi connectivity index (χ0) is 13.8. The number of rotatable bonds is 4. The standard InChI is InChI=1S/C15H17NO3/c1-10-3-6-12(7-4-10)13(17)9-16-15(18)14-8-5-11(2)19-14/h3-8,13,17H,9H2,1-2H3,(H,16,18)/t13-/m0/s1. The van der Waals surface area contributed by atoms with Gasteiger partial charge in [-0.3, -0.25) is 4.79 Å². The van der Waals surface area contributed by atoms with E-state index >= 15 is 0 Å². The molecular weight excluding hydrogens is 242 g/mol. The van der Waals surface area contributed by atoms with Gasteiger partial charge in [0.05, 0.1) is 6.10 Å². The first-order chi connectivity index (χ1) is 9.06. The molecule has 0 aliphatic carbocycles. The third kappa shape index (κ3) is 3.45. The average molecular weight is 259 g/mol. The molecular formula is C15H17NO3. The van der Waals surface area contributed by atoms with Gasteiger partial charge in [-0.1, -0.05) is 29.8 Å². The molecule has 0 aliphatic heterocycles. The van der Waals surface area contributed by atoms with Gasteiger partial charge in [0.15, 0.2) is 5.76 Å². The van der Waals surface area contributed by atoms with Crippen molar-refractivity contribution in [3.05, 3.63) is 59.0 Å². The molecule has 1 aromatic carbocycles. The van der Waals surface area contributed by atoms with Crippen LogP contribution in [0.25, 0.3) is 0 Å². The highest BCUT2D eigenvalue weighted by atomic mass is 16.3. The lowest BCUT2D eigenvalue weighted by Crippen LogP contribution is -2.28. The zero-order valence-corrected chi connectivity index (χ0v) is 11.0. The molecule has 0 unspecified atom stereocenters. The van der Waals surface area contributed by atoms with E-state index in [9.17, 15) is 9.90 Å². The Bertz CT molecular complexity index is 557. The third-order valence-electron chi connectivity index (χ3n) is 2.88. The summed E-state index contributed by atoms with van der Waals surface area (Å²) in [7, 11) is 0. The first-order valence-electron chi connectivity index (χ1n) is 6.15. The Morgan fingerprint density at radius 3 is 2.47 bits per heavy atom. The zero-order valence-electron chi connectivity index (χ0n) is 11.0. The maximum Gasteiger partial charge on any atom is 0.287 e. The van der Waals surface area contributed by atoms with Gasteiger partial charge in [-0.2, -0.15) is 0 Å². The van der Waals surface area contributed by atoms with Gasteiger partial charge in [0.2, 0.25) is 0 Å². The Balaban J connectivity index is 1.91. The molecule has 0 radical (unpaired) electrons. The first kappa shape index (κ1) is 13.4. The van der Waals surface area contributed by atoms with Crippen molar-refractivity contribution in [1.82, 2.24) is 5.32 Å². The maximum atomic E-state index is 11.7. The largest absolute Gasteiger partial charge is 0.456 e. The number of aryl methyl sites for hydroxylation is 2. The number of aliphatic hydroxyl groups excluding tert-OH is 1. The van der Waals surface area contributed by atoms with Crippen molar-refractivity contribution in [1.29, 1.82) is 0 Å². The molecule has 2 N–H and O–H groups in total. The van der Waals surface area contributed by atoms with Crippen LogP contribution in [-0.4, -0.2) is 17.6 Å². The van der Waals surface area contributed by atoms with Gasteiger partial charge in [-0.25, -0.2) is 0 Å². The van der Waals surface area contributed by atoms with Crippen LogP contribution in [0.5, 0.6) is 0 Å². The fourth-order valence-corrected chi connectivity index (χ4v) is 1.74. The van der Waals surface area contributed by atoms with Gasteiger partial charge in [-0.05, 0) is 31.5 Å². The maximum absolute atomic E-state index is 11.7. The van der Waals surface area contributed by atoms with Crippen LogP contribution in [0.15, 0.2) is 40.8 Å². The number of hydrogen-bond donors (Lipinski definition) is 2. The predicted molar refractivity (Wildman–Crippen MR) is 71.9 cm³/mol. The van der Waals surface area contributed by atoms with Crippen molar-refractivity contribution < 1.29 is 14.3 Å². The summed E-state index contributed by atoms with van der Waals surface area (Å²) in [4.78, 5) is 11.7. The van der Waals surface area contributed by atoms with Crippen molar-refractivity contribution in [2.24, 2.45) is 0 Å². The molecule has 1 atom stereocenters. The Morgan fingerprint density at radius 1 is 1.21 bits per heavy atom. The van der Waals surface area contributed by atoms with Crippen LogP contribution in [-0.2, 0) is 0 Å². The van der Waals surface area contributed by atoms with E-state index < -0.39 is 6.10 Å². The van der Waals surface area contributed by atoms with Crippen LogP contribution in [0.2, 0.25) is 0 Å². The molecule has 2 rings (SSSR count).